The first-order valence-corrected chi connectivity index (χ1v) is 7.34. The molecule has 2 saturated carbocycles. The summed E-state index contributed by atoms with van der Waals surface area (Å²) >= 11 is 0. The van der Waals surface area contributed by atoms with Gasteiger partial charge in [0.1, 0.15) is 0 Å². The van der Waals surface area contributed by atoms with Crippen LogP contribution in [0.15, 0.2) is 0 Å². The van der Waals surface area contributed by atoms with E-state index < -0.39 is 5.66 Å². The molecule has 2 fully saturated rings. The third-order valence-corrected chi connectivity index (χ3v) is 5.06. The van der Waals surface area contributed by atoms with Crippen LogP contribution in [0.3, 0.4) is 0 Å². The van der Waals surface area contributed by atoms with Crippen molar-refractivity contribution in [3.8, 4) is 0 Å². The lowest BCUT2D eigenvalue weighted by atomic mass is 9.66. The highest BCUT2D eigenvalue weighted by Crippen LogP contribution is 2.40. The van der Waals surface area contributed by atoms with Crippen LogP contribution >= 0.6 is 0 Å². The molecular weight excluding hydrogens is 208 g/mol. The summed E-state index contributed by atoms with van der Waals surface area (Å²) in [5.41, 5.74) is 12.0. The van der Waals surface area contributed by atoms with Gasteiger partial charge >= 0.3 is 0 Å². The van der Waals surface area contributed by atoms with Gasteiger partial charge in [0.2, 0.25) is 0 Å². The minimum atomic E-state index is -0.468. The zero-order chi connectivity index (χ0) is 12.5. The molecule has 0 aromatic rings. The van der Waals surface area contributed by atoms with Crippen molar-refractivity contribution in [1.82, 2.24) is 0 Å². The molecule has 2 unspecified atom stereocenters. The van der Waals surface area contributed by atoms with Gasteiger partial charge in [-0.15, -0.1) is 0 Å². The van der Waals surface area contributed by atoms with Crippen molar-refractivity contribution >= 4 is 0 Å². The Labute approximate surface area is 107 Å². The van der Waals surface area contributed by atoms with Gasteiger partial charge in [0.05, 0.1) is 5.66 Å². The normalized spacial score (nSPS) is 39.2. The lowest BCUT2D eigenvalue weighted by Gasteiger charge is -2.45. The molecular formula is C15H28N2. The van der Waals surface area contributed by atoms with Gasteiger partial charge in [-0.25, -0.2) is 0 Å². The highest BCUT2D eigenvalue weighted by Gasteiger charge is 2.40. The highest BCUT2D eigenvalue weighted by atomic mass is 15.0. The van der Waals surface area contributed by atoms with Crippen molar-refractivity contribution in [2.24, 2.45) is 35.1 Å². The first kappa shape index (κ1) is 13.4. The van der Waals surface area contributed by atoms with Crippen LogP contribution < -0.4 is 11.5 Å². The van der Waals surface area contributed by atoms with Crippen molar-refractivity contribution in [1.29, 1.82) is 0 Å². The second kappa shape index (κ2) is 5.27. The van der Waals surface area contributed by atoms with Crippen molar-refractivity contribution in [3.05, 3.63) is 6.42 Å². The fourth-order valence-electron chi connectivity index (χ4n) is 3.58. The predicted molar refractivity (Wildman–Crippen MR) is 72.0 cm³/mol. The molecule has 0 bridgehead atoms. The molecule has 4 N–H and O–H groups in total. The van der Waals surface area contributed by atoms with Crippen molar-refractivity contribution < 1.29 is 0 Å². The zero-order valence-corrected chi connectivity index (χ0v) is 11.4. The lowest BCUT2D eigenvalue weighted by molar-refractivity contribution is 0.103. The van der Waals surface area contributed by atoms with Crippen LogP contribution in [-0.4, -0.2) is 5.66 Å². The Morgan fingerprint density at radius 3 is 1.94 bits per heavy atom. The smallest absolute Gasteiger partial charge is 0.0689 e. The van der Waals surface area contributed by atoms with Gasteiger partial charge in [0.15, 0.2) is 0 Å². The van der Waals surface area contributed by atoms with E-state index in [4.69, 9.17) is 11.5 Å². The van der Waals surface area contributed by atoms with Crippen LogP contribution in [0.25, 0.3) is 0 Å². The van der Waals surface area contributed by atoms with E-state index in [0.29, 0.717) is 17.8 Å². The van der Waals surface area contributed by atoms with Gasteiger partial charge in [0, 0.05) is 0 Å². The standard InChI is InChI=1S/C15H28N2/c1-11-8-14(9-12(2)15(11,16)17)10-13-6-4-3-5-7-13/h11-14H,3-9,16-17H2,1-2H3. The maximum Gasteiger partial charge on any atom is 0.0689 e. The second-order valence-electron chi connectivity index (χ2n) is 6.47. The van der Waals surface area contributed by atoms with Gasteiger partial charge in [-0.05, 0) is 55.8 Å². The Kier molecular flexibility index (Phi) is 4.14. The molecule has 2 heteroatoms. The van der Waals surface area contributed by atoms with E-state index >= 15 is 0 Å². The Morgan fingerprint density at radius 1 is 0.882 bits per heavy atom. The number of hydrogen-bond donors (Lipinski definition) is 2. The minimum Gasteiger partial charge on any atom is -0.313 e. The fraction of sp³-hybridized carbons (Fsp3) is 0.933. The van der Waals surface area contributed by atoms with Crippen LogP contribution in [0.4, 0.5) is 0 Å². The molecule has 0 aliphatic heterocycles. The Morgan fingerprint density at radius 2 is 1.41 bits per heavy atom. The summed E-state index contributed by atoms with van der Waals surface area (Å²) in [6.45, 7) is 4.40. The molecule has 0 amide bonds. The van der Waals surface area contributed by atoms with E-state index in [2.05, 4.69) is 20.3 Å². The third kappa shape index (κ3) is 3.03. The Balaban J connectivity index is 1.86. The molecule has 2 aliphatic rings. The fourth-order valence-corrected chi connectivity index (χ4v) is 3.58. The molecule has 2 atom stereocenters. The summed E-state index contributed by atoms with van der Waals surface area (Å²) in [6, 6.07) is 0. The summed E-state index contributed by atoms with van der Waals surface area (Å²) in [4.78, 5) is 0. The molecule has 17 heavy (non-hydrogen) atoms. The average molecular weight is 236 g/mol. The number of hydrogen-bond acceptors (Lipinski definition) is 2. The molecule has 2 aliphatic carbocycles. The predicted octanol–water partition coefficient (Wildman–Crippen LogP) is 2.94. The van der Waals surface area contributed by atoms with Crippen molar-refractivity contribution in [3.63, 3.8) is 0 Å². The first-order valence-electron chi connectivity index (χ1n) is 7.34. The van der Waals surface area contributed by atoms with Crippen LogP contribution in [0.5, 0.6) is 0 Å². The summed E-state index contributed by atoms with van der Waals surface area (Å²) in [7, 11) is 0. The maximum atomic E-state index is 6.21. The van der Waals surface area contributed by atoms with Crippen LogP contribution in [0.1, 0.15) is 58.8 Å². The molecule has 2 rings (SSSR count). The van der Waals surface area contributed by atoms with Gasteiger partial charge in [-0.1, -0.05) is 33.1 Å². The molecule has 0 saturated heterocycles. The number of rotatable bonds is 2. The van der Waals surface area contributed by atoms with Crippen LogP contribution in [-0.2, 0) is 0 Å². The average Bonchev–Trinajstić information content (AvgIpc) is 2.28. The monoisotopic (exact) mass is 236 g/mol. The summed E-state index contributed by atoms with van der Waals surface area (Å²) in [5.74, 6) is 2.19. The van der Waals surface area contributed by atoms with E-state index in [1.165, 1.54) is 32.1 Å². The van der Waals surface area contributed by atoms with Crippen LogP contribution in [0, 0.1) is 30.1 Å². The van der Waals surface area contributed by atoms with Crippen molar-refractivity contribution in [2.45, 2.75) is 64.5 Å². The second-order valence-corrected chi connectivity index (χ2v) is 6.47. The van der Waals surface area contributed by atoms with Gasteiger partial charge in [0.25, 0.3) is 0 Å². The quantitative estimate of drug-likeness (QED) is 0.724. The summed E-state index contributed by atoms with van der Waals surface area (Å²) in [5, 5.41) is 0. The van der Waals surface area contributed by atoms with Gasteiger partial charge in [-0.3, -0.25) is 0 Å². The summed E-state index contributed by atoms with van der Waals surface area (Å²) < 4.78 is 0. The molecule has 0 spiro atoms. The van der Waals surface area contributed by atoms with Crippen LogP contribution in [0.2, 0.25) is 0 Å². The Bertz CT molecular complexity index is 229. The maximum absolute atomic E-state index is 6.21. The van der Waals surface area contributed by atoms with Gasteiger partial charge < -0.3 is 11.5 Å². The van der Waals surface area contributed by atoms with E-state index in [1.54, 1.807) is 0 Å². The molecule has 0 aromatic carbocycles. The number of nitrogens with two attached hydrogens (primary N) is 2. The molecule has 2 radical (unpaired) electrons. The zero-order valence-electron chi connectivity index (χ0n) is 11.4. The SMILES string of the molecule is CC1CC([C]C2CCCCC2)CC(C)C1(N)N. The van der Waals surface area contributed by atoms with Crippen molar-refractivity contribution in [2.75, 3.05) is 0 Å². The first-order chi connectivity index (χ1) is 8.00. The van der Waals surface area contributed by atoms with E-state index in [-0.39, 0.29) is 0 Å². The molecule has 98 valence electrons. The summed E-state index contributed by atoms with van der Waals surface area (Å²) in [6.07, 6.45) is 13.0. The largest absolute Gasteiger partial charge is 0.313 e. The highest BCUT2D eigenvalue weighted by molar-refractivity contribution is 4.99. The lowest BCUT2D eigenvalue weighted by Crippen LogP contribution is -2.62. The molecule has 2 nitrogen and oxygen atoms in total. The molecule has 0 heterocycles. The Hall–Kier alpha value is -0.0800. The van der Waals surface area contributed by atoms with E-state index in [1.807, 2.05) is 0 Å². The topological polar surface area (TPSA) is 52.0 Å². The van der Waals surface area contributed by atoms with E-state index in [0.717, 1.165) is 18.8 Å². The van der Waals surface area contributed by atoms with Gasteiger partial charge in [-0.2, -0.15) is 0 Å². The van der Waals surface area contributed by atoms with E-state index in [9.17, 15) is 0 Å². The minimum absolute atomic E-state index is 0.410. The molecule has 0 aromatic heterocycles. The third-order valence-electron chi connectivity index (χ3n) is 5.06.